The number of benzene rings is 1. The summed E-state index contributed by atoms with van der Waals surface area (Å²) in [5.41, 5.74) is 13.3. The number of nitrogens with zero attached hydrogens (tertiary/aromatic N) is 1. The van der Waals surface area contributed by atoms with Gasteiger partial charge in [-0.2, -0.15) is 5.26 Å². The highest BCUT2D eigenvalue weighted by atomic mass is 32.1. The molecule has 0 spiro atoms. The fourth-order valence-electron chi connectivity index (χ4n) is 2.71. The Hall–Kier alpha value is -3.51. The highest BCUT2D eigenvalue weighted by Crippen LogP contribution is 2.33. The number of pyridine rings is 1. The molecule has 3 aromatic rings. The number of nitriles is 1. The molecule has 3 rings (SSSR count). The van der Waals surface area contributed by atoms with Gasteiger partial charge in [-0.15, -0.1) is 0 Å². The number of hydrogen-bond donors (Lipinski definition) is 3. The molecule has 6 N–H and O–H groups in total. The molecule has 0 unspecified atom stereocenters. The Kier molecular flexibility index (Phi) is 5.00. The number of carbonyl (C=O) groups excluding carboxylic acids is 1. The standard InChI is InChI=1S/C18H17N5O3S/c1-25-12-5-3-4-9(14(12)26-2)8-22-17(24)15-13(20)11-6-10(7-19)16(21)23-18(11)27-15/h3-6H,8,20H2,1-2H3,(H2,21,23)(H,22,24)/p+1. The molecule has 0 aliphatic rings. The van der Waals surface area contributed by atoms with Gasteiger partial charge in [-0.25, -0.2) is 4.98 Å². The topological polar surface area (TPSA) is 138 Å². The van der Waals surface area contributed by atoms with Gasteiger partial charge in [0.15, 0.2) is 16.3 Å². The lowest BCUT2D eigenvalue weighted by Gasteiger charge is -2.13. The van der Waals surface area contributed by atoms with E-state index in [0.29, 0.717) is 32.3 Å². The highest BCUT2D eigenvalue weighted by Gasteiger charge is 2.21. The van der Waals surface area contributed by atoms with Crippen molar-refractivity contribution in [3.63, 3.8) is 0 Å². The molecule has 0 aliphatic heterocycles. The number of carbonyl (C=O) groups is 1. The lowest BCUT2D eigenvalue weighted by Crippen LogP contribution is -2.23. The van der Waals surface area contributed by atoms with Crippen molar-refractivity contribution in [2.45, 2.75) is 6.54 Å². The van der Waals surface area contributed by atoms with Gasteiger partial charge >= 0.3 is 0 Å². The van der Waals surface area contributed by atoms with E-state index in [4.69, 9.17) is 26.2 Å². The number of H-pyrrole nitrogens is 1. The summed E-state index contributed by atoms with van der Waals surface area (Å²) in [4.78, 5) is 16.5. The molecule has 0 saturated heterocycles. The van der Waals surface area contributed by atoms with Gasteiger partial charge in [0.2, 0.25) is 0 Å². The van der Waals surface area contributed by atoms with Crippen LogP contribution < -0.4 is 31.2 Å². The first-order valence-corrected chi connectivity index (χ1v) is 8.73. The van der Waals surface area contributed by atoms with Crippen LogP contribution in [0.3, 0.4) is 0 Å². The highest BCUT2D eigenvalue weighted by molar-refractivity contribution is 7.20. The van der Waals surface area contributed by atoms with Crippen molar-refractivity contribution in [1.82, 2.24) is 5.32 Å². The number of thiophene rings is 1. The van der Waals surface area contributed by atoms with Crippen LogP contribution in [-0.2, 0) is 6.54 Å². The number of amides is 1. The smallest absolute Gasteiger partial charge is 0.289 e. The summed E-state index contributed by atoms with van der Waals surface area (Å²) in [6.45, 7) is 0.238. The third-order valence-electron chi connectivity index (χ3n) is 4.06. The first kappa shape index (κ1) is 18.3. The fraction of sp³-hybridized carbons (Fsp3) is 0.167. The number of nitrogens with two attached hydrogens (primary N) is 2. The quantitative estimate of drug-likeness (QED) is 0.612. The van der Waals surface area contributed by atoms with Gasteiger partial charge in [0.25, 0.3) is 11.7 Å². The van der Waals surface area contributed by atoms with E-state index in [9.17, 15) is 4.79 Å². The van der Waals surface area contributed by atoms with Crippen LogP contribution in [0, 0.1) is 11.3 Å². The van der Waals surface area contributed by atoms with E-state index >= 15 is 0 Å². The Morgan fingerprint density at radius 3 is 2.78 bits per heavy atom. The maximum Gasteiger partial charge on any atom is 0.289 e. The zero-order valence-electron chi connectivity index (χ0n) is 14.8. The van der Waals surface area contributed by atoms with Crippen LogP contribution in [0.25, 0.3) is 10.2 Å². The monoisotopic (exact) mass is 384 g/mol. The van der Waals surface area contributed by atoms with Crippen LogP contribution in [0.5, 0.6) is 11.5 Å². The third kappa shape index (κ3) is 3.30. The number of hydrogen-bond acceptors (Lipinski definition) is 7. The van der Waals surface area contributed by atoms with E-state index in [-0.39, 0.29) is 23.8 Å². The van der Waals surface area contributed by atoms with Crippen molar-refractivity contribution in [2.75, 3.05) is 25.7 Å². The van der Waals surface area contributed by atoms with Crippen molar-refractivity contribution in [3.8, 4) is 17.6 Å². The Morgan fingerprint density at radius 2 is 2.11 bits per heavy atom. The molecule has 2 aromatic heterocycles. The molecule has 9 heteroatoms. The largest absolute Gasteiger partial charge is 0.493 e. The van der Waals surface area contributed by atoms with E-state index in [2.05, 4.69) is 10.3 Å². The molecule has 0 radical (unpaired) electrons. The minimum atomic E-state index is -0.330. The van der Waals surface area contributed by atoms with Gasteiger partial charge in [-0.3, -0.25) is 10.5 Å². The molecule has 1 amide bonds. The molecule has 1 aromatic carbocycles. The van der Waals surface area contributed by atoms with Gasteiger partial charge in [-0.05, 0) is 12.1 Å². The van der Waals surface area contributed by atoms with Crippen LogP contribution in [0.15, 0.2) is 24.3 Å². The average Bonchev–Trinajstić information content (AvgIpc) is 3.00. The minimum absolute atomic E-state index is 0.235. The number of rotatable bonds is 5. The zero-order valence-corrected chi connectivity index (χ0v) is 15.6. The zero-order chi connectivity index (χ0) is 19.6. The van der Waals surface area contributed by atoms with Crippen LogP contribution in [0.4, 0.5) is 11.5 Å². The van der Waals surface area contributed by atoms with Gasteiger partial charge in [0, 0.05) is 12.1 Å². The molecular formula is C18H18N5O3S+. The molecule has 138 valence electrons. The number of anilines is 2. The number of fused-ring (bicyclic) bond motifs is 1. The van der Waals surface area contributed by atoms with Crippen molar-refractivity contribution in [3.05, 3.63) is 40.3 Å². The molecule has 0 atom stereocenters. The second-order valence-corrected chi connectivity index (χ2v) is 6.65. The lowest BCUT2D eigenvalue weighted by atomic mass is 10.1. The molecule has 2 heterocycles. The number of methoxy groups -OCH3 is 2. The maximum atomic E-state index is 12.6. The SMILES string of the molecule is COc1cccc(CNC(=O)c2sc3[nH+]c(N)c(C#N)cc3c2N)c1OC. The number of aromatic amines is 1. The summed E-state index contributed by atoms with van der Waals surface area (Å²) >= 11 is 1.18. The number of para-hydroxylation sites is 1. The first-order valence-electron chi connectivity index (χ1n) is 7.92. The summed E-state index contributed by atoms with van der Waals surface area (Å²) in [5, 5.41) is 12.5. The second-order valence-electron chi connectivity index (χ2n) is 5.63. The van der Waals surface area contributed by atoms with Gasteiger partial charge in [0.05, 0.1) is 25.3 Å². The van der Waals surface area contributed by atoms with E-state index in [1.165, 1.54) is 11.3 Å². The molecule has 27 heavy (non-hydrogen) atoms. The van der Waals surface area contributed by atoms with Crippen molar-refractivity contribution in [1.29, 1.82) is 5.26 Å². The summed E-state index contributed by atoms with van der Waals surface area (Å²) in [5.74, 6) is 1.05. The second kappa shape index (κ2) is 7.39. The van der Waals surface area contributed by atoms with Gasteiger partial charge in [-0.1, -0.05) is 23.5 Å². The van der Waals surface area contributed by atoms with E-state index in [1.807, 2.05) is 18.2 Å². The van der Waals surface area contributed by atoms with Crippen molar-refractivity contribution < 1.29 is 19.3 Å². The molecule has 0 bridgehead atoms. The van der Waals surface area contributed by atoms with E-state index < -0.39 is 0 Å². The number of aromatic nitrogens is 1. The molecule has 0 saturated carbocycles. The Labute approximate surface area is 159 Å². The van der Waals surface area contributed by atoms with Crippen LogP contribution in [0.2, 0.25) is 0 Å². The van der Waals surface area contributed by atoms with Gasteiger partial charge in [0.1, 0.15) is 16.5 Å². The van der Waals surface area contributed by atoms with Crippen LogP contribution in [0.1, 0.15) is 20.8 Å². The molecule has 0 aliphatic carbocycles. The van der Waals surface area contributed by atoms with Crippen molar-refractivity contribution in [2.24, 2.45) is 0 Å². The predicted molar refractivity (Wildman–Crippen MR) is 103 cm³/mol. The number of ether oxygens (including phenoxy) is 2. The Balaban J connectivity index is 1.87. The van der Waals surface area contributed by atoms with E-state index in [1.54, 1.807) is 26.4 Å². The van der Waals surface area contributed by atoms with Gasteiger partial charge < -0.3 is 20.5 Å². The Morgan fingerprint density at radius 1 is 1.33 bits per heavy atom. The van der Waals surface area contributed by atoms with Crippen LogP contribution in [-0.4, -0.2) is 20.1 Å². The first-order chi connectivity index (χ1) is 13.0. The fourth-order valence-corrected chi connectivity index (χ4v) is 3.74. The molecule has 0 fully saturated rings. The number of nitrogens with one attached hydrogen (secondary N) is 2. The lowest BCUT2D eigenvalue weighted by molar-refractivity contribution is -0.323. The predicted octanol–water partition coefficient (Wildman–Crippen LogP) is 1.70. The maximum absolute atomic E-state index is 12.6. The normalized spacial score (nSPS) is 10.4. The molecule has 8 nitrogen and oxygen atoms in total. The molecular weight excluding hydrogens is 366 g/mol. The summed E-state index contributed by atoms with van der Waals surface area (Å²) in [6, 6.07) is 9.00. The summed E-state index contributed by atoms with van der Waals surface area (Å²) in [6.07, 6.45) is 0. The van der Waals surface area contributed by atoms with Crippen molar-refractivity contribution >= 4 is 39.0 Å². The summed E-state index contributed by atoms with van der Waals surface area (Å²) < 4.78 is 10.6. The number of nitrogen functional groups attached to an aromatic ring is 2. The van der Waals surface area contributed by atoms with Crippen LogP contribution >= 0.6 is 11.3 Å². The average molecular weight is 384 g/mol. The Bertz CT molecular complexity index is 1070. The van der Waals surface area contributed by atoms with E-state index in [0.717, 1.165) is 5.56 Å². The third-order valence-corrected chi connectivity index (χ3v) is 5.20. The summed E-state index contributed by atoms with van der Waals surface area (Å²) in [7, 11) is 3.09. The minimum Gasteiger partial charge on any atom is -0.493 e.